The summed E-state index contributed by atoms with van der Waals surface area (Å²) in [6, 6.07) is 12.8. The van der Waals surface area contributed by atoms with Crippen LogP contribution in [0.25, 0.3) is 22.2 Å². The highest BCUT2D eigenvalue weighted by atomic mass is 32.2. The standard InChI is InChI=1S/C25H32N6S/c1-27-23-15-19(6-5-18(23)9-12-26)20-7-8-22-24(16-20)30-25(17-28-22)29-21-10-13-31(14-11-21)32(2,3)4/h5-8,15-17,21H,1-3,9-14,26H2,4H3,(H,29,30). The van der Waals surface area contributed by atoms with Crippen LogP contribution >= 0.6 is 9.39 Å². The van der Waals surface area contributed by atoms with Gasteiger partial charge in [0.15, 0.2) is 0 Å². The second kappa shape index (κ2) is 9.40. The Morgan fingerprint density at radius 3 is 2.53 bits per heavy atom. The van der Waals surface area contributed by atoms with E-state index in [1.807, 2.05) is 12.3 Å². The molecule has 0 unspecified atom stereocenters. The van der Waals surface area contributed by atoms with Crippen LogP contribution in [0.3, 0.4) is 0 Å². The smallest absolute Gasteiger partial charge is 0.145 e. The van der Waals surface area contributed by atoms with E-state index in [9.17, 15) is 0 Å². The van der Waals surface area contributed by atoms with Gasteiger partial charge in [-0.25, -0.2) is 4.98 Å². The predicted octanol–water partition coefficient (Wildman–Crippen LogP) is 4.22. The van der Waals surface area contributed by atoms with Gasteiger partial charge in [-0.3, -0.25) is 14.3 Å². The first-order chi connectivity index (χ1) is 15.4. The first-order valence-corrected chi connectivity index (χ1v) is 13.2. The quantitative estimate of drug-likeness (QED) is 0.418. The summed E-state index contributed by atoms with van der Waals surface area (Å²) in [6.45, 7) is 6.33. The first kappa shape index (κ1) is 22.5. The fourth-order valence-corrected chi connectivity index (χ4v) is 5.26. The monoisotopic (exact) mass is 448 g/mol. The van der Waals surface area contributed by atoms with Gasteiger partial charge in [0, 0.05) is 19.1 Å². The number of nitrogens with zero attached hydrogens (tertiary/aromatic N) is 4. The van der Waals surface area contributed by atoms with Crippen LogP contribution in [0, 0.1) is 0 Å². The van der Waals surface area contributed by atoms with E-state index >= 15 is 0 Å². The Morgan fingerprint density at radius 2 is 1.84 bits per heavy atom. The van der Waals surface area contributed by atoms with Crippen LogP contribution in [0.1, 0.15) is 18.4 Å². The minimum absolute atomic E-state index is 0.388. The summed E-state index contributed by atoms with van der Waals surface area (Å²) in [7, 11) is -1.13. The first-order valence-electron chi connectivity index (χ1n) is 10.9. The van der Waals surface area contributed by atoms with Crippen LogP contribution in [0.2, 0.25) is 0 Å². The van der Waals surface area contributed by atoms with E-state index in [0.29, 0.717) is 12.6 Å². The summed E-state index contributed by atoms with van der Waals surface area (Å²) >= 11 is 0. The Kier molecular flexibility index (Phi) is 6.60. The molecule has 0 amide bonds. The Hall–Kier alpha value is -2.74. The van der Waals surface area contributed by atoms with Gasteiger partial charge in [0.05, 0.1) is 22.9 Å². The third-order valence-electron chi connectivity index (χ3n) is 5.97. The lowest BCUT2D eigenvalue weighted by molar-refractivity contribution is 0.357. The van der Waals surface area contributed by atoms with Crippen molar-refractivity contribution in [2.24, 2.45) is 10.7 Å². The van der Waals surface area contributed by atoms with Crippen LogP contribution in [-0.2, 0) is 6.42 Å². The van der Waals surface area contributed by atoms with Crippen molar-refractivity contribution in [2.75, 3.05) is 31.2 Å². The minimum Gasteiger partial charge on any atom is -0.366 e. The molecule has 0 bridgehead atoms. The van der Waals surface area contributed by atoms with E-state index in [0.717, 1.165) is 71.6 Å². The fraction of sp³-hybridized carbons (Fsp3) is 0.320. The Labute approximate surface area is 191 Å². The minimum atomic E-state index is -1.13. The second-order valence-corrected chi connectivity index (χ2v) is 11.5. The Bertz CT molecular complexity index is 1230. The molecule has 4 rings (SSSR count). The number of aromatic nitrogens is 2. The highest BCUT2D eigenvalue weighted by molar-refractivity contribution is 8.25. The van der Waals surface area contributed by atoms with Crippen molar-refractivity contribution in [1.82, 2.24) is 14.3 Å². The van der Waals surface area contributed by atoms with Crippen molar-refractivity contribution in [3.8, 4) is 11.1 Å². The van der Waals surface area contributed by atoms with Crippen molar-refractivity contribution in [3.05, 3.63) is 48.2 Å². The van der Waals surface area contributed by atoms with Gasteiger partial charge >= 0.3 is 0 Å². The van der Waals surface area contributed by atoms with Gasteiger partial charge < -0.3 is 11.1 Å². The number of benzene rings is 2. The van der Waals surface area contributed by atoms with Gasteiger partial charge in [-0.15, -0.1) is 0 Å². The van der Waals surface area contributed by atoms with E-state index in [1.165, 1.54) is 0 Å². The molecule has 6 nitrogen and oxygen atoms in total. The number of hydrogen-bond acceptors (Lipinski definition) is 6. The third-order valence-corrected chi connectivity index (χ3v) is 7.59. The molecule has 1 aliphatic heterocycles. The van der Waals surface area contributed by atoms with Crippen molar-refractivity contribution < 1.29 is 0 Å². The average molecular weight is 449 g/mol. The SMILES string of the molecule is C=Nc1cc(-c2ccc3ncc(NC4CCN(S(=C)(=C)C)CC4)nc3c2)ccc1CCN. The molecule has 168 valence electrons. The summed E-state index contributed by atoms with van der Waals surface area (Å²) in [5.41, 5.74) is 11.6. The maximum absolute atomic E-state index is 5.71. The van der Waals surface area contributed by atoms with Crippen LogP contribution in [0.15, 0.2) is 47.6 Å². The largest absolute Gasteiger partial charge is 0.366 e. The van der Waals surface area contributed by atoms with Gasteiger partial charge in [-0.1, -0.05) is 29.9 Å². The van der Waals surface area contributed by atoms with Crippen LogP contribution in [-0.4, -0.2) is 64.7 Å². The maximum Gasteiger partial charge on any atom is 0.145 e. The number of nitrogens with one attached hydrogen (secondary N) is 1. The number of aliphatic imine (C=N–C) groups is 1. The lowest BCUT2D eigenvalue weighted by Gasteiger charge is -2.35. The van der Waals surface area contributed by atoms with Gasteiger partial charge in [0.25, 0.3) is 0 Å². The molecule has 7 heteroatoms. The van der Waals surface area contributed by atoms with Gasteiger partial charge in [-0.05, 0) is 73.7 Å². The number of rotatable bonds is 7. The molecule has 0 saturated carbocycles. The lowest BCUT2D eigenvalue weighted by Crippen LogP contribution is -2.37. The van der Waals surface area contributed by atoms with E-state index < -0.39 is 9.39 Å². The molecular weight excluding hydrogens is 416 g/mol. The molecule has 0 spiro atoms. The van der Waals surface area contributed by atoms with Crippen LogP contribution in [0.5, 0.6) is 0 Å². The molecule has 2 aromatic carbocycles. The second-order valence-electron chi connectivity index (χ2n) is 8.57. The molecule has 3 N–H and O–H groups in total. The Balaban J connectivity index is 1.54. The normalized spacial score (nSPS) is 15.7. The fourth-order valence-electron chi connectivity index (χ4n) is 4.17. The van der Waals surface area contributed by atoms with E-state index in [1.54, 1.807) is 0 Å². The lowest BCUT2D eigenvalue weighted by atomic mass is 10.0. The molecule has 1 aromatic heterocycles. The molecule has 1 fully saturated rings. The van der Waals surface area contributed by atoms with Crippen molar-refractivity contribution in [2.45, 2.75) is 25.3 Å². The van der Waals surface area contributed by atoms with Gasteiger partial charge in [0.1, 0.15) is 5.82 Å². The molecule has 3 aromatic rings. The van der Waals surface area contributed by atoms with E-state index in [2.05, 4.69) is 74.6 Å². The highest BCUT2D eigenvalue weighted by Crippen LogP contribution is 2.30. The van der Waals surface area contributed by atoms with Crippen molar-refractivity contribution in [3.63, 3.8) is 0 Å². The zero-order valence-electron chi connectivity index (χ0n) is 18.8. The number of hydrogen-bond donors (Lipinski definition) is 2. The van der Waals surface area contributed by atoms with Crippen LogP contribution < -0.4 is 11.1 Å². The third kappa shape index (κ3) is 5.01. The Morgan fingerprint density at radius 1 is 1.12 bits per heavy atom. The molecule has 1 saturated heterocycles. The maximum atomic E-state index is 5.71. The molecular formula is C25H32N6S. The average Bonchev–Trinajstić information content (AvgIpc) is 2.79. The number of nitrogens with two attached hydrogens (primary N) is 1. The van der Waals surface area contributed by atoms with Gasteiger partial charge in [0.2, 0.25) is 0 Å². The molecule has 1 aliphatic rings. The highest BCUT2D eigenvalue weighted by Gasteiger charge is 2.20. The van der Waals surface area contributed by atoms with Gasteiger partial charge in [-0.2, -0.15) is 9.39 Å². The molecule has 2 heterocycles. The molecule has 32 heavy (non-hydrogen) atoms. The summed E-state index contributed by atoms with van der Waals surface area (Å²) in [4.78, 5) is 13.7. The summed E-state index contributed by atoms with van der Waals surface area (Å²) in [5.74, 6) is 9.29. The van der Waals surface area contributed by atoms with Crippen molar-refractivity contribution >= 4 is 50.4 Å². The zero-order chi connectivity index (χ0) is 22.7. The predicted molar refractivity (Wildman–Crippen MR) is 143 cm³/mol. The number of piperidine rings is 1. The van der Waals surface area contributed by atoms with E-state index in [4.69, 9.17) is 10.7 Å². The summed E-state index contributed by atoms with van der Waals surface area (Å²) in [6.07, 6.45) is 6.87. The summed E-state index contributed by atoms with van der Waals surface area (Å²) < 4.78 is 2.41. The summed E-state index contributed by atoms with van der Waals surface area (Å²) in [5, 5.41) is 3.58. The molecule has 0 radical (unpaired) electrons. The van der Waals surface area contributed by atoms with Crippen molar-refractivity contribution in [1.29, 1.82) is 0 Å². The topological polar surface area (TPSA) is 79.4 Å². The van der Waals surface area contributed by atoms with Crippen LogP contribution in [0.4, 0.5) is 11.5 Å². The zero-order valence-corrected chi connectivity index (χ0v) is 19.6. The number of anilines is 1. The molecule has 0 atom stereocenters. The van der Waals surface area contributed by atoms with E-state index in [-0.39, 0.29) is 0 Å². The number of fused-ring (bicyclic) bond motifs is 1. The molecule has 0 aliphatic carbocycles.